The highest BCUT2D eigenvalue weighted by atomic mass is 16.4. The van der Waals surface area contributed by atoms with Gasteiger partial charge in [0.05, 0.1) is 11.3 Å². The smallest absolute Gasteiger partial charge is 0.337 e. The van der Waals surface area contributed by atoms with Crippen LogP contribution in [-0.4, -0.2) is 48.7 Å². The van der Waals surface area contributed by atoms with E-state index in [1.807, 2.05) is 6.20 Å². The zero-order valence-electron chi connectivity index (χ0n) is 16.3. The zero-order valence-corrected chi connectivity index (χ0v) is 16.3. The Morgan fingerprint density at radius 2 is 2.14 bits per heavy atom. The Bertz CT molecular complexity index is 1120. The fourth-order valence-electron chi connectivity index (χ4n) is 4.90. The van der Waals surface area contributed by atoms with E-state index in [0.29, 0.717) is 23.7 Å². The van der Waals surface area contributed by atoms with Crippen molar-refractivity contribution in [2.24, 2.45) is 0 Å². The number of hydrogen-bond donors (Lipinski definition) is 2. The molecule has 0 saturated carbocycles. The highest BCUT2D eigenvalue weighted by Crippen LogP contribution is 2.44. The van der Waals surface area contributed by atoms with Gasteiger partial charge in [0, 0.05) is 37.4 Å². The first-order valence-electron chi connectivity index (χ1n) is 9.97. The van der Waals surface area contributed by atoms with Crippen molar-refractivity contribution in [2.75, 3.05) is 23.7 Å². The van der Waals surface area contributed by atoms with Crippen LogP contribution in [0.25, 0.3) is 11.2 Å². The van der Waals surface area contributed by atoms with Crippen LogP contribution in [0, 0.1) is 0 Å². The van der Waals surface area contributed by atoms with Gasteiger partial charge in [0.1, 0.15) is 5.52 Å². The molecule has 1 unspecified atom stereocenters. The summed E-state index contributed by atoms with van der Waals surface area (Å²) in [5.41, 5.74) is 9.60. The Balaban J connectivity index is 1.56. The van der Waals surface area contributed by atoms with Gasteiger partial charge in [-0.05, 0) is 44.2 Å². The number of pyridine rings is 1. The molecule has 1 aliphatic heterocycles. The third kappa shape index (κ3) is 2.72. The first kappa shape index (κ1) is 17.8. The van der Waals surface area contributed by atoms with Crippen molar-refractivity contribution in [3.8, 4) is 0 Å². The molecule has 9 heteroatoms. The van der Waals surface area contributed by atoms with Gasteiger partial charge in [-0.3, -0.25) is 4.57 Å². The molecule has 29 heavy (non-hydrogen) atoms. The van der Waals surface area contributed by atoms with Crippen molar-refractivity contribution >= 4 is 29.0 Å². The normalized spacial score (nSPS) is 21.1. The molecule has 0 amide bonds. The third-order valence-corrected chi connectivity index (χ3v) is 6.25. The van der Waals surface area contributed by atoms with Crippen LogP contribution in [0.1, 0.15) is 47.8 Å². The number of carbonyl (C=O) groups is 1. The SMILES string of the molecule is CCn1c(N2CCCC3(CCc4cnc(N)nc43)C2)nc2cc(C(=O)O)cnc21. The summed E-state index contributed by atoms with van der Waals surface area (Å²) in [6, 6.07) is 1.60. The number of carboxylic acids is 1. The molecule has 1 aliphatic carbocycles. The molecule has 5 rings (SSSR count). The topological polar surface area (TPSA) is 123 Å². The van der Waals surface area contributed by atoms with Crippen LogP contribution in [0.15, 0.2) is 18.5 Å². The van der Waals surface area contributed by atoms with Crippen LogP contribution in [0.3, 0.4) is 0 Å². The minimum atomic E-state index is -0.997. The van der Waals surface area contributed by atoms with Gasteiger partial charge < -0.3 is 15.7 Å². The van der Waals surface area contributed by atoms with E-state index in [9.17, 15) is 9.90 Å². The Kier molecular flexibility index (Phi) is 3.94. The van der Waals surface area contributed by atoms with Gasteiger partial charge in [0.15, 0.2) is 5.65 Å². The van der Waals surface area contributed by atoms with Crippen LogP contribution in [0.5, 0.6) is 0 Å². The van der Waals surface area contributed by atoms with Crippen molar-refractivity contribution in [1.82, 2.24) is 24.5 Å². The molecule has 3 N–H and O–H groups in total. The second kappa shape index (κ2) is 6.40. The standard InChI is InChI=1S/C20H23N7O2/c1-2-27-16-14(8-13(10-22-16)17(28)29)24-19(27)26-7-3-5-20(11-26)6-4-12-9-23-18(21)25-15(12)20/h8-10H,2-7,11H2,1H3,(H,28,29)(H2,21,23,25). The molecule has 0 radical (unpaired) electrons. The van der Waals surface area contributed by atoms with E-state index in [4.69, 9.17) is 10.7 Å². The maximum absolute atomic E-state index is 11.3. The predicted octanol–water partition coefficient (Wildman–Crippen LogP) is 2.01. The van der Waals surface area contributed by atoms with Crippen LogP contribution < -0.4 is 10.6 Å². The van der Waals surface area contributed by atoms with Gasteiger partial charge in [-0.15, -0.1) is 0 Å². The number of fused-ring (bicyclic) bond motifs is 3. The number of nitrogens with zero attached hydrogens (tertiary/aromatic N) is 6. The number of rotatable bonds is 3. The molecule has 0 bridgehead atoms. The van der Waals surface area contributed by atoms with E-state index in [1.54, 1.807) is 6.07 Å². The highest BCUT2D eigenvalue weighted by molar-refractivity contribution is 5.91. The Morgan fingerprint density at radius 1 is 1.28 bits per heavy atom. The minimum absolute atomic E-state index is 0.0407. The lowest BCUT2D eigenvalue weighted by molar-refractivity contribution is 0.0696. The number of hydrogen-bond acceptors (Lipinski definition) is 7. The number of piperidine rings is 1. The van der Waals surface area contributed by atoms with Gasteiger partial charge in [0.2, 0.25) is 11.9 Å². The molecular weight excluding hydrogens is 370 g/mol. The summed E-state index contributed by atoms with van der Waals surface area (Å²) >= 11 is 0. The molecule has 3 aromatic heterocycles. The molecule has 1 atom stereocenters. The fourth-order valence-corrected chi connectivity index (χ4v) is 4.90. The molecule has 2 aliphatic rings. The number of imidazole rings is 1. The number of nitrogen functional groups attached to an aromatic ring is 1. The molecule has 150 valence electrons. The van der Waals surface area contributed by atoms with Crippen molar-refractivity contribution < 1.29 is 9.90 Å². The number of carboxylic acid groups (broad SMARTS) is 1. The van der Waals surface area contributed by atoms with E-state index < -0.39 is 5.97 Å². The Labute approximate surface area is 167 Å². The maximum Gasteiger partial charge on any atom is 0.337 e. The number of anilines is 2. The van der Waals surface area contributed by atoms with E-state index in [1.165, 1.54) is 11.8 Å². The summed E-state index contributed by atoms with van der Waals surface area (Å²) in [5.74, 6) is 0.171. The van der Waals surface area contributed by atoms with Crippen LogP contribution in [0.2, 0.25) is 0 Å². The van der Waals surface area contributed by atoms with Gasteiger partial charge in [0.25, 0.3) is 0 Å². The second-order valence-electron chi connectivity index (χ2n) is 7.94. The van der Waals surface area contributed by atoms with Gasteiger partial charge in [-0.2, -0.15) is 0 Å². The average molecular weight is 393 g/mol. The summed E-state index contributed by atoms with van der Waals surface area (Å²) in [6.45, 7) is 4.47. The Hall–Kier alpha value is -3.23. The summed E-state index contributed by atoms with van der Waals surface area (Å²) < 4.78 is 2.06. The number of aryl methyl sites for hydroxylation is 2. The summed E-state index contributed by atoms with van der Waals surface area (Å²) in [7, 11) is 0. The lowest BCUT2D eigenvalue weighted by Gasteiger charge is -2.41. The number of aromatic nitrogens is 5. The molecule has 9 nitrogen and oxygen atoms in total. The highest BCUT2D eigenvalue weighted by Gasteiger charge is 2.44. The number of nitrogens with two attached hydrogens (primary N) is 1. The molecular formula is C20H23N7O2. The van der Waals surface area contributed by atoms with Crippen LogP contribution in [0.4, 0.5) is 11.9 Å². The molecule has 4 heterocycles. The average Bonchev–Trinajstić information content (AvgIpc) is 3.26. The fraction of sp³-hybridized carbons (Fsp3) is 0.450. The monoisotopic (exact) mass is 393 g/mol. The maximum atomic E-state index is 11.3. The summed E-state index contributed by atoms with van der Waals surface area (Å²) in [5, 5.41) is 9.27. The largest absolute Gasteiger partial charge is 0.478 e. The van der Waals surface area contributed by atoms with Crippen molar-refractivity contribution in [2.45, 2.75) is 44.6 Å². The first-order valence-corrected chi connectivity index (χ1v) is 9.97. The van der Waals surface area contributed by atoms with E-state index >= 15 is 0 Å². The van der Waals surface area contributed by atoms with E-state index in [-0.39, 0.29) is 11.0 Å². The van der Waals surface area contributed by atoms with Crippen molar-refractivity contribution in [3.63, 3.8) is 0 Å². The molecule has 3 aromatic rings. The molecule has 0 aromatic carbocycles. The van der Waals surface area contributed by atoms with E-state index in [2.05, 4.69) is 31.3 Å². The Morgan fingerprint density at radius 3 is 2.93 bits per heavy atom. The molecule has 1 fully saturated rings. The third-order valence-electron chi connectivity index (χ3n) is 6.25. The first-order chi connectivity index (χ1) is 14.0. The number of aromatic carboxylic acids is 1. The van der Waals surface area contributed by atoms with E-state index in [0.717, 1.165) is 50.4 Å². The summed E-state index contributed by atoms with van der Waals surface area (Å²) in [6.07, 6.45) is 7.36. The lowest BCUT2D eigenvalue weighted by Crippen LogP contribution is -2.46. The van der Waals surface area contributed by atoms with Crippen molar-refractivity contribution in [3.05, 3.63) is 35.3 Å². The molecule has 1 saturated heterocycles. The van der Waals surface area contributed by atoms with Crippen LogP contribution in [-0.2, 0) is 18.4 Å². The van der Waals surface area contributed by atoms with Gasteiger partial charge in [-0.25, -0.2) is 24.7 Å². The minimum Gasteiger partial charge on any atom is -0.478 e. The van der Waals surface area contributed by atoms with Gasteiger partial charge in [-0.1, -0.05) is 0 Å². The van der Waals surface area contributed by atoms with Crippen LogP contribution >= 0.6 is 0 Å². The lowest BCUT2D eigenvalue weighted by atomic mass is 9.77. The predicted molar refractivity (Wildman–Crippen MR) is 108 cm³/mol. The van der Waals surface area contributed by atoms with Crippen molar-refractivity contribution in [1.29, 1.82) is 0 Å². The summed E-state index contributed by atoms with van der Waals surface area (Å²) in [4.78, 5) is 31.5. The quantitative estimate of drug-likeness (QED) is 0.693. The molecule has 1 spiro atoms. The zero-order chi connectivity index (χ0) is 20.2. The van der Waals surface area contributed by atoms with Gasteiger partial charge >= 0.3 is 5.97 Å². The second-order valence-corrected chi connectivity index (χ2v) is 7.94.